The maximum atomic E-state index is 13.0. The standard InChI is InChI=1S/C15H7F6N3O2S3/c16-14(17,18)7-1-6(2-8(3-7)15(19,20)21)9-5-27-12(22-9)29-13-24-23-10(28-13)4-11(25)26/h1-3,5H,4H2,(H,25,26). The lowest BCUT2D eigenvalue weighted by molar-refractivity contribution is -0.143. The quantitative estimate of drug-likeness (QED) is 0.497. The van der Waals surface area contributed by atoms with E-state index in [1.54, 1.807) is 0 Å². The van der Waals surface area contributed by atoms with E-state index >= 15 is 0 Å². The SMILES string of the molecule is O=C(O)Cc1nnc(Sc2nc(-c3cc(C(F)(F)F)cc(C(F)(F)F)c3)cs2)s1. The van der Waals surface area contributed by atoms with E-state index in [9.17, 15) is 31.1 Å². The summed E-state index contributed by atoms with van der Waals surface area (Å²) in [5.41, 5.74) is -3.22. The van der Waals surface area contributed by atoms with E-state index in [4.69, 9.17) is 5.11 Å². The van der Waals surface area contributed by atoms with Gasteiger partial charge in [-0.05, 0) is 30.0 Å². The van der Waals surface area contributed by atoms with Crippen molar-refractivity contribution in [2.24, 2.45) is 0 Å². The van der Waals surface area contributed by atoms with Crippen molar-refractivity contribution in [3.8, 4) is 11.3 Å². The number of carbonyl (C=O) groups is 1. The number of nitrogens with zero attached hydrogens (tertiary/aromatic N) is 3. The lowest BCUT2D eigenvalue weighted by atomic mass is 10.0. The summed E-state index contributed by atoms with van der Waals surface area (Å²) in [6.45, 7) is 0. The molecule has 0 aliphatic heterocycles. The molecule has 0 saturated heterocycles. The van der Waals surface area contributed by atoms with Gasteiger partial charge in [0.25, 0.3) is 0 Å². The number of aromatic nitrogens is 3. The van der Waals surface area contributed by atoms with Gasteiger partial charge < -0.3 is 5.11 Å². The van der Waals surface area contributed by atoms with Crippen LogP contribution in [-0.4, -0.2) is 26.3 Å². The van der Waals surface area contributed by atoms with Gasteiger partial charge in [-0.15, -0.1) is 21.5 Å². The zero-order valence-electron chi connectivity index (χ0n) is 13.7. The molecule has 5 nitrogen and oxygen atoms in total. The molecule has 2 heterocycles. The van der Waals surface area contributed by atoms with Crippen molar-refractivity contribution in [1.29, 1.82) is 0 Å². The zero-order chi connectivity index (χ0) is 21.4. The molecule has 1 N–H and O–H groups in total. The van der Waals surface area contributed by atoms with Gasteiger partial charge in [-0.25, -0.2) is 4.98 Å². The topological polar surface area (TPSA) is 76.0 Å². The second-order valence-corrected chi connectivity index (χ2v) is 8.84. The number of benzene rings is 1. The lowest BCUT2D eigenvalue weighted by Crippen LogP contribution is -2.11. The Morgan fingerprint density at radius 3 is 2.17 bits per heavy atom. The second-order valence-electron chi connectivity index (χ2n) is 5.43. The van der Waals surface area contributed by atoms with Crippen LogP contribution < -0.4 is 0 Å². The van der Waals surface area contributed by atoms with Gasteiger partial charge in [-0.1, -0.05) is 11.3 Å². The molecule has 0 atom stereocenters. The number of hydrogen-bond donors (Lipinski definition) is 1. The van der Waals surface area contributed by atoms with Gasteiger partial charge in [0, 0.05) is 10.9 Å². The maximum absolute atomic E-state index is 13.0. The summed E-state index contributed by atoms with van der Waals surface area (Å²) in [5.74, 6) is -1.08. The highest BCUT2D eigenvalue weighted by Gasteiger charge is 2.37. The summed E-state index contributed by atoms with van der Waals surface area (Å²) in [4.78, 5) is 14.7. The van der Waals surface area contributed by atoms with Gasteiger partial charge >= 0.3 is 18.3 Å². The second kappa shape index (κ2) is 7.91. The highest BCUT2D eigenvalue weighted by atomic mass is 32.2. The molecule has 0 amide bonds. The van der Waals surface area contributed by atoms with Gasteiger partial charge in [-0.3, -0.25) is 4.79 Å². The molecule has 3 aromatic rings. The number of carboxylic acids is 1. The Hall–Kier alpha value is -2.19. The van der Waals surface area contributed by atoms with Crippen LogP contribution in [0.2, 0.25) is 0 Å². The monoisotopic (exact) mass is 471 g/mol. The summed E-state index contributed by atoms with van der Waals surface area (Å²) in [6.07, 6.45) is -10.2. The molecule has 29 heavy (non-hydrogen) atoms. The molecule has 0 saturated carbocycles. The van der Waals surface area contributed by atoms with Crippen LogP contribution in [0.4, 0.5) is 26.3 Å². The van der Waals surface area contributed by atoms with Crippen molar-refractivity contribution in [2.75, 3.05) is 0 Å². The van der Waals surface area contributed by atoms with Crippen LogP contribution >= 0.6 is 34.4 Å². The third-order valence-corrected chi connectivity index (χ3v) is 6.20. The Labute approximate surface area is 170 Å². The van der Waals surface area contributed by atoms with Crippen LogP contribution in [-0.2, 0) is 23.6 Å². The predicted molar refractivity (Wildman–Crippen MR) is 92.9 cm³/mol. The predicted octanol–water partition coefficient (Wildman–Crippen LogP) is 5.48. The van der Waals surface area contributed by atoms with Crippen LogP contribution in [0.3, 0.4) is 0 Å². The van der Waals surface area contributed by atoms with Crippen molar-refractivity contribution >= 4 is 40.4 Å². The number of thiazole rings is 1. The first-order chi connectivity index (χ1) is 13.4. The fraction of sp³-hybridized carbons (Fsp3) is 0.200. The molecule has 0 fully saturated rings. The third kappa shape index (κ3) is 5.45. The van der Waals surface area contributed by atoms with Gasteiger partial charge in [0.2, 0.25) is 0 Å². The van der Waals surface area contributed by atoms with Crippen LogP contribution in [0.15, 0.2) is 32.3 Å². The molecule has 0 bridgehead atoms. The number of hydrogen-bond acceptors (Lipinski definition) is 7. The van der Waals surface area contributed by atoms with E-state index in [1.165, 1.54) is 5.38 Å². The minimum atomic E-state index is -4.95. The van der Waals surface area contributed by atoms with Gasteiger partial charge in [-0.2, -0.15) is 26.3 Å². The highest BCUT2D eigenvalue weighted by Crippen LogP contribution is 2.40. The first-order valence-corrected chi connectivity index (χ1v) is 9.90. The minimum absolute atomic E-state index is 0.0515. The van der Waals surface area contributed by atoms with E-state index in [0.717, 1.165) is 34.4 Å². The molecule has 2 aromatic heterocycles. The molecule has 0 unspecified atom stereocenters. The first kappa shape index (κ1) is 21.5. The van der Waals surface area contributed by atoms with Crippen molar-refractivity contribution in [3.63, 3.8) is 0 Å². The normalized spacial score (nSPS) is 12.3. The van der Waals surface area contributed by atoms with Crippen molar-refractivity contribution in [2.45, 2.75) is 27.5 Å². The average Bonchev–Trinajstić information content (AvgIpc) is 3.22. The first-order valence-electron chi connectivity index (χ1n) is 7.39. The highest BCUT2D eigenvalue weighted by molar-refractivity contribution is 8.02. The van der Waals surface area contributed by atoms with Crippen molar-refractivity contribution in [3.05, 3.63) is 39.7 Å². The fourth-order valence-corrected chi connectivity index (χ4v) is 5.01. The van der Waals surface area contributed by atoms with Crippen LogP contribution in [0, 0.1) is 0 Å². The van der Waals surface area contributed by atoms with Gasteiger partial charge in [0.15, 0.2) is 8.68 Å². The lowest BCUT2D eigenvalue weighted by Gasteiger charge is -2.13. The minimum Gasteiger partial charge on any atom is -0.481 e. The van der Waals surface area contributed by atoms with Crippen LogP contribution in [0.25, 0.3) is 11.3 Å². The zero-order valence-corrected chi connectivity index (χ0v) is 16.2. The Balaban J connectivity index is 1.89. The van der Waals surface area contributed by atoms with E-state index in [-0.39, 0.29) is 28.8 Å². The maximum Gasteiger partial charge on any atom is 0.416 e. The Bertz CT molecular complexity index is 1010. The summed E-state index contributed by atoms with van der Waals surface area (Å²) in [6, 6.07) is 1.26. The van der Waals surface area contributed by atoms with Crippen molar-refractivity contribution < 1.29 is 36.2 Å². The summed E-state index contributed by atoms with van der Waals surface area (Å²) >= 11 is 2.99. The molecule has 0 aliphatic rings. The fourth-order valence-electron chi connectivity index (χ4n) is 2.09. The Morgan fingerprint density at radius 2 is 1.62 bits per heavy atom. The summed E-state index contributed by atoms with van der Waals surface area (Å²) < 4.78 is 78.6. The average molecular weight is 471 g/mol. The van der Waals surface area contributed by atoms with Gasteiger partial charge in [0.1, 0.15) is 5.01 Å². The van der Waals surface area contributed by atoms with E-state index < -0.39 is 29.4 Å². The summed E-state index contributed by atoms with van der Waals surface area (Å²) in [7, 11) is 0. The number of alkyl halides is 6. The molecule has 0 aliphatic carbocycles. The molecular formula is C15H7F6N3O2S3. The number of halogens is 6. The van der Waals surface area contributed by atoms with E-state index in [0.29, 0.717) is 20.8 Å². The Kier molecular flexibility index (Phi) is 5.87. The molecule has 14 heteroatoms. The summed E-state index contributed by atoms with van der Waals surface area (Å²) in [5, 5.41) is 17.8. The smallest absolute Gasteiger partial charge is 0.416 e. The molecule has 0 spiro atoms. The van der Waals surface area contributed by atoms with Crippen LogP contribution in [0.5, 0.6) is 0 Å². The third-order valence-electron chi connectivity index (χ3n) is 3.29. The number of aliphatic carboxylic acids is 1. The van der Waals surface area contributed by atoms with E-state index in [2.05, 4.69) is 15.2 Å². The number of carboxylic acid groups (broad SMARTS) is 1. The molecule has 1 aromatic carbocycles. The molecule has 3 rings (SSSR count). The van der Waals surface area contributed by atoms with Gasteiger partial charge in [0.05, 0.1) is 23.2 Å². The Morgan fingerprint density at radius 1 is 1.00 bits per heavy atom. The van der Waals surface area contributed by atoms with E-state index in [1.807, 2.05) is 0 Å². The molecular weight excluding hydrogens is 464 g/mol. The largest absolute Gasteiger partial charge is 0.481 e. The van der Waals surface area contributed by atoms with Crippen LogP contribution in [0.1, 0.15) is 16.1 Å². The van der Waals surface area contributed by atoms with Crippen molar-refractivity contribution in [1.82, 2.24) is 15.2 Å². The molecule has 0 radical (unpaired) electrons. The number of rotatable bonds is 5. The molecule has 154 valence electrons.